The van der Waals surface area contributed by atoms with Gasteiger partial charge in [0, 0.05) is 31.2 Å². The smallest absolute Gasteiger partial charge is 0.230 e. The standard InChI is InChI=1S/C18H25ClN4O2/c1-12-9-13(6-7-20-12)18(25)23-8-2-3-14(11-23)17(24)22-16-5-4-15(19)10-21-16/h4-5,10,12-14,20H,2-3,6-9,11H2,1H3,(H,21,22,24)/t12-,13-,14?/m0/s1. The molecule has 1 aromatic rings. The van der Waals surface area contributed by atoms with Crippen LogP contribution in [0.4, 0.5) is 5.82 Å². The van der Waals surface area contributed by atoms with E-state index in [9.17, 15) is 9.59 Å². The summed E-state index contributed by atoms with van der Waals surface area (Å²) in [5, 5.41) is 6.74. The van der Waals surface area contributed by atoms with Crippen LogP contribution >= 0.6 is 11.6 Å². The fraction of sp³-hybridized carbons (Fsp3) is 0.611. The van der Waals surface area contributed by atoms with Crippen LogP contribution in [0.25, 0.3) is 0 Å². The fourth-order valence-electron chi connectivity index (χ4n) is 3.68. The summed E-state index contributed by atoms with van der Waals surface area (Å²) in [6, 6.07) is 3.75. The van der Waals surface area contributed by atoms with Crippen LogP contribution in [0.15, 0.2) is 18.3 Å². The minimum Gasteiger partial charge on any atom is -0.342 e. The van der Waals surface area contributed by atoms with Gasteiger partial charge in [-0.05, 0) is 51.3 Å². The van der Waals surface area contributed by atoms with Crippen LogP contribution in [-0.2, 0) is 9.59 Å². The summed E-state index contributed by atoms with van der Waals surface area (Å²) in [7, 11) is 0. The molecule has 0 spiro atoms. The van der Waals surface area contributed by atoms with E-state index in [0.29, 0.717) is 23.4 Å². The van der Waals surface area contributed by atoms with Crippen molar-refractivity contribution in [2.75, 3.05) is 25.0 Å². The summed E-state index contributed by atoms with van der Waals surface area (Å²) >= 11 is 5.81. The molecule has 1 aromatic heterocycles. The number of hydrogen-bond donors (Lipinski definition) is 2. The summed E-state index contributed by atoms with van der Waals surface area (Å²) in [5.41, 5.74) is 0. The highest BCUT2D eigenvalue weighted by Crippen LogP contribution is 2.24. The van der Waals surface area contributed by atoms with E-state index in [2.05, 4.69) is 22.5 Å². The average molecular weight is 365 g/mol. The van der Waals surface area contributed by atoms with Crippen LogP contribution in [0.1, 0.15) is 32.6 Å². The number of anilines is 1. The molecule has 6 nitrogen and oxygen atoms in total. The number of likely N-dealkylation sites (tertiary alicyclic amines) is 1. The molecular weight excluding hydrogens is 340 g/mol. The van der Waals surface area contributed by atoms with Crippen molar-refractivity contribution in [2.24, 2.45) is 11.8 Å². The van der Waals surface area contributed by atoms with Gasteiger partial charge in [-0.3, -0.25) is 9.59 Å². The number of carbonyl (C=O) groups excluding carboxylic acids is 2. The molecule has 0 aromatic carbocycles. The monoisotopic (exact) mass is 364 g/mol. The second kappa shape index (κ2) is 8.15. The van der Waals surface area contributed by atoms with Gasteiger partial charge in [0.05, 0.1) is 10.9 Å². The molecule has 25 heavy (non-hydrogen) atoms. The van der Waals surface area contributed by atoms with Crippen molar-refractivity contribution in [2.45, 2.75) is 38.6 Å². The number of rotatable bonds is 3. The van der Waals surface area contributed by atoms with Crippen LogP contribution < -0.4 is 10.6 Å². The van der Waals surface area contributed by atoms with Crippen molar-refractivity contribution < 1.29 is 9.59 Å². The molecule has 7 heteroatoms. The Hall–Kier alpha value is -1.66. The molecule has 2 saturated heterocycles. The Morgan fingerprint density at radius 2 is 2.16 bits per heavy atom. The Balaban J connectivity index is 1.57. The molecule has 2 aliphatic heterocycles. The van der Waals surface area contributed by atoms with E-state index < -0.39 is 0 Å². The first-order valence-electron chi connectivity index (χ1n) is 8.97. The van der Waals surface area contributed by atoms with E-state index in [-0.39, 0.29) is 23.7 Å². The van der Waals surface area contributed by atoms with E-state index in [1.165, 1.54) is 6.20 Å². The number of hydrogen-bond acceptors (Lipinski definition) is 4. The first kappa shape index (κ1) is 18.1. The quantitative estimate of drug-likeness (QED) is 0.863. The van der Waals surface area contributed by atoms with Crippen molar-refractivity contribution in [1.82, 2.24) is 15.2 Å². The number of aromatic nitrogens is 1. The van der Waals surface area contributed by atoms with E-state index in [1.807, 2.05) is 4.90 Å². The number of amides is 2. The molecule has 3 rings (SSSR count). The molecule has 2 fully saturated rings. The lowest BCUT2D eigenvalue weighted by Gasteiger charge is -2.36. The lowest BCUT2D eigenvalue weighted by atomic mass is 9.90. The second-order valence-electron chi connectivity index (χ2n) is 7.05. The first-order chi connectivity index (χ1) is 12.0. The van der Waals surface area contributed by atoms with Gasteiger partial charge < -0.3 is 15.5 Å². The Morgan fingerprint density at radius 3 is 2.88 bits per heavy atom. The fourth-order valence-corrected chi connectivity index (χ4v) is 3.80. The van der Waals surface area contributed by atoms with Crippen LogP contribution in [0, 0.1) is 11.8 Å². The topological polar surface area (TPSA) is 74.3 Å². The molecule has 3 atom stereocenters. The Labute approximate surface area is 153 Å². The largest absolute Gasteiger partial charge is 0.342 e. The normalized spacial score (nSPS) is 27.0. The summed E-state index contributed by atoms with van der Waals surface area (Å²) in [6.45, 7) is 4.25. The van der Waals surface area contributed by atoms with Crippen LogP contribution in [-0.4, -0.2) is 47.4 Å². The van der Waals surface area contributed by atoms with Gasteiger partial charge in [-0.15, -0.1) is 0 Å². The molecule has 0 aliphatic carbocycles. The third-order valence-electron chi connectivity index (χ3n) is 5.06. The second-order valence-corrected chi connectivity index (χ2v) is 7.49. The van der Waals surface area contributed by atoms with Crippen molar-refractivity contribution in [3.8, 4) is 0 Å². The lowest BCUT2D eigenvalue weighted by molar-refractivity contribution is -0.139. The SMILES string of the molecule is C[C@H]1C[C@@H](C(=O)N2CCCC(C(=O)Nc3ccc(Cl)cn3)C2)CCN1. The third kappa shape index (κ3) is 4.70. The number of pyridine rings is 1. The summed E-state index contributed by atoms with van der Waals surface area (Å²) in [4.78, 5) is 31.3. The predicted octanol–water partition coefficient (Wildman–Crippen LogP) is 2.30. The summed E-state index contributed by atoms with van der Waals surface area (Å²) in [5.74, 6) is 0.511. The predicted molar refractivity (Wildman–Crippen MR) is 97.4 cm³/mol. The van der Waals surface area contributed by atoms with Crippen LogP contribution in [0.5, 0.6) is 0 Å². The van der Waals surface area contributed by atoms with Crippen molar-refractivity contribution in [1.29, 1.82) is 0 Å². The van der Waals surface area contributed by atoms with Crippen molar-refractivity contribution in [3.63, 3.8) is 0 Å². The molecule has 136 valence electrons. The molecule has 2 N–H and O–H groups in total. The maximum Gasteiger partial charge on any atom is 0.230 e. The van der Waals surface area contributed by atoms with Crippen LogP contribution in [0.3, 0.4) is 0 Å². The molecule has 0 radical (unpaired) electrons. The molecule has 0 bridgehead atoms. The zero-order valence-electron chi connectivity index (χ0n) is 14.5. The van der Waals surface area contributed by atoms with E-state index in [0.717, 1.165) is 38.8 Å². The average Bonchev–Trinajstić information content (AvgIpc) is 2.63. The van der Waals surface area contributed by atoms with Gasteiger partial charge in [0.15, 0.2) is 0 Å². The highest BCUT2D eigenvalue weighted by Gasteiger charge is 2.33. The number of nitrogens with one attached hydrogen (secondary N) is 2. The zero-order valence-corrected chi connectivity index (χ0v) is 15.3. The molecule has 2 amide bonds. The Kier molecular flexibility index (Phi) is 5.91. The van der Waals surface area contributed by atoms with Gasteiger partial charge in [-0.1, -0.05) is 11.6 Å². The molecular formula is C18H25ClN4O2. The molecule has 3 heterocycles. The Bertz CT molecular complexity index is 622. The maximum atomic E-state index is 12.8. The number of nitrogens with zero attached hydrogens (tertiary/aromatic N) is 2. The van der Waals surface area contributed by atoms with Crippen LogP contribution in [0.2, 0.25) is 5.02 Å². The Morgan fingerprint density at radius 1 is 1.32 bits per heavy atom. The number of carbonyl (C=O) groups is 2. The maximum absolute atomic E-state index is 12.8. The number of halogens is 1. The van der Waals surface area contributed by atoms with Gasteiger partial charge >= 0.3 is 0 Å². The highest BCUT2D eigenvalue weighted by atomic mass is 35.5. The third-order valence-corrected chi connectivity index (χ3v) is 5.28. The van der Waals surface area contributed by atoms with Gasteiger partial charge in [-0.2, -0.15) is 0 Å². The highest BCUT2D eigenvalue weighted by molar-refractivity contribution is 6.30. The molecule has 0 saturated carbocycles. The van der Waals surface area contributed by atoms with Gasteiger partial charge in [0.25, 0.3) is 0 Å². The van der Waals surface area contributed by atoms with Gasteiger partial charge in [0.1, 0.15) is 5.82 Å². The minimum atomic E-state index is -0.186. The first-order valence-corrected chi connectivity index (χ1v) is 9.35. The van der Waals surface area contributed by atoms with Crippen molar-refractivity contribution >= 4 is 29.2 Å². The molecule has 1 unspecified atom stereocenters. The van der Waals surface area contributed by atoms with E-state index >= 15 is 0 Å². The minimum absolute atomic E-state index is 0.0778. The molecule has 2 aliphatic rings. The van der Waals surface area contributed by atoms with Crippen molar-refractivity contribution in [3.05, 3.63) is 23.4 Å². The number of piperidine rings is 2. The summed E-state index contributed by atoms with van der Waals surface area (Å²) < 4.78 is 0. The summed E-state index contributed by atoms with van der Waals surface area (Å²) in [6.07, 6.45) is 4.92. The van der Waals surface area contributed by atoms with E-state index in [4.69, 9.17) is 11.6 Å². The van der Waals surface area contributed by atoms with Gasteiger partial charge in [-0.25, -0.2) is 4.98 Å². The van der Waals surface area contributed by atoms with Gasteiger partial charge in [0.2, 0.25) is 11.8 Å². The van der Waals surface area contributed by atoms with E-state index in [1.54, 1.807) is 12.1 Å². The lowest BCUT2D eigenvalue weighted by Crippen LogP contribution is -2.49. The zero-order chi connectivity index (χ0) is 17.8.